The largest absolute Gasteiger partial charge is 0.493 e. The van der Waals surface area contributed by atoms with Gasteiger partial charge in [-0.05, 0) is 25.5 Å². The second-order valence-corrected chi connectivity index (χ2v) is 7.74. The molecule has 148 valence electrons. The SMILES string of the molecule is CCC(C)N(CCNC(=O)c1cc(OC)c(OC)c(OC)c1)S(C)(=O)=O. The molecule has 0 saturated carbocycles. The van der Waals surface area contributed by atoms with Gasteiger partial charge in [-0.15, -0.1) is 0 Å². The zero-order valence-electron chi connectivity index (χ0n) is 16.2. The maximum absolute atomic E-state index is 12.4. The van der Waals surface area contributed by atoms with Crippen molar-refractivity contribution in [3.63, 3.8) is 0 Å². The second-order valence-electron chi connectivity index (χ2n) is 5.80. The summed E-state index contributed by atoms with van der Waals surface area (Å²) in [7, 11) is 1.07. The summed E-state index contributed by atoms with van der Waals surface area (Å²) in [5.41, 5.74) is 0.328. The van der Waals surface area contributed by atoms with Crippen LogP contribution in [0.2, 0.25) is 0 Å². The zero-order chi connectivity index (χ0) is 19.9. The van der Waals surface area contributed by atoms with Gasteiger partial charge in [0.1, 0.15) is 0 Å². The lowest BCUT2D eigenvalue weighted by Gasteiger charge is -2.26. The van der Waals surface area contributed by atoms with Gasteiger partial charge in [-0.2, -0.15) is 4.31 Å². The molecule has 0 heterocycles. The fourth-order valence-corrected chi connectivity index (χ4v) is 3.74. The predicted octanol–water partition coefficient (Wildman–Crippen LogP) is 1.50. The quantitative estimate of drug-likeness (QED) is 0.653. The Bertz CT molecular complexity index is 695. The van der Waals surface area contributed by atoms with Gasteiger partial charge in [0.15, 0.2) is 11.5 Å². The Morgan fingerprint density at radius 2 is 1.69 bits per heavy atom. The van der Waals surface area contributed by atoms with Crippen LogP contribution in [0.25, 0.3) is 0 Å². The van der Waals surface area contributed by atoms with Crippen LogP contribution in [0, 0.1) is 0 Å². The highest BCUT2D eigenvalue weighted by molar-refractivity contribution is 7.88. The number of sulfonamides is 1. The molecule has 0 bridgehead atoms. The van der Waals surface area contributed by atoms with E-state index in [0.29, 0.717) is 29.2 Å². The maximum atomic E-state index is 12.4. The van der Waals surface area contributed by atoms with Crippen molar-refractivity contribution < 1.29 is 27.4 Å². The lowest BCUT2D eigenvalue weighted by Crippen LogP contribution is -2.42. The Labute approximate surface area is 155 Å². The fourth-order valence-electron chi connectivity index (χ4n) is 2.51. The maximum Gasteiger partial charge on any atom is 0.251 e. The molecule has 1 amide bonds. The van der Waals surface area contributed by atoms with Crippen molar-refractivity contribution in [1.82, 2.24) is 9.62 Å². The first kappa shape index (κ1) is 22.0. The molecule has 0 aliphatic heterocycles. The van der Waals surface area contributed by atoms with Crippen LogP contribution in [-0.2, 0) is 10.0 Å². The number of amides is 1. The van der Waals surface area contributed by atoms with Gasteiger partial charge in [0.05, 0.1) is 27.6 Å². The molecular weight excluding hydrogens is 360 g/mol. The Morgan fingerprint density at radius 1 is 1.15 bits per heavy atom. The molecule has 1 N–H and O–H groups in total. The highest BCUT2D eigenvalue weighted by Crippen LogP contribution is 2.38. The van der Waals surface area contributed by atoms with Crippen LogP contribution < -0.4 is 19.5 Å². The predicted molar refractivity (Wildman–Crippen MR) is 99.7 cm³/mol. The van der Waals surface area contributed by atoms with Crippen LogP contribution in [0.1, 0.15) is 30.6 Å². The molecule has 0 saturated heterocycles. The van der Waals surface area contributed by atoms with Crippen molar-refractivity contribution in [2.24, 2.45) is 0 Å². The van der Waals surface area contributed by atoms with E-state index in [1.54, 1.807) is 12.1 Å². The van der Waals surface area contributed by atoms with Gasteiger partial charge in [0.2, 0.25) is 15.8 Å². The molecule has 8 nitrogen and oxygen atoms in total. The highest BCUT2D eigenvalue weighted by Gasteiger charge is 2.22. The molecule has 1 aromatic rings. The van der Waals surface area contributed by atoms with Crippen molar-refractivity contribution >= 4 is 15.9 Å². The first-order valence-corrected chi connectivity index (χ1v) is 10.1. The number of nitrogens with zero attached hydrogens (tertiary/aromatic N) is 1. The average Bonchev–Trinajstić information content (AvgIpc) is 2.61. The van der Waals surface area contributed by atoms with Gasteiger partial charge in [-0.25, -0.2) is 8.42 Å². The molecule has 26 heavy (non-hydrogen) atoms. The molecule has 0 aromatic heterocycles. The molecule has 9 heteroatoms. The van der Waals surface area contributed by atoms with Gasteiger partial charge in [-0.3, -0.25) is 4.79 Å². The summed E-state index contributed by atoms with van der Waals surface area (Å²) in [6.45, 7) is 4.14. The number of methoxy groups -OCH3 is 3. The van der Waals surface area contributed by atoms with E-state index in [2.05, 4.69) is 5.32 Å². The topological polar surface area (TPSA) is 94.2 Å². The first-order chi connectivity index (χ1) is 12.2. The average molecular weight is 388 g/mol. The number of ether oxygens (including phenoxy) is 3. The van der Waals surface area contributed by atoms with Crippen LogP contribution in [0.3, 0.4) is 0 Å². The molecule has 1 aromatic carbocycles. The van der Waals surface area contributed by atoms with E-state index in [1.807, 2.05) is 13.8 Å². The van der Waals surface area contributed by atoms with Crippen molar-refractivity contribution in [3.8, 4) is 17.2 Å². The monoisotopic (exact) mass is 388 g/mol. The van der Waals surface area contributed by atoms with Gasteiger partial charge >= 0.3 is 0 Å². The Balaban J connectivity index is 2.88. The van der Waals surface area contributed by atoms with Crippen LogP contribution in [0.5, 0.6) is 17.2 Å². The summed E-state index contributed by atoms with van der Waals surface area (Å²) in [6.07, 6.45) is 1.86. The third-order valence-electron chi connectivity index (χ3n) is 4.05. The first-order valence-electron chi connectivity index (χ1n) is 8.24. The van der Waals surface area contributed by atoms with E-state index < -0.39 is 10.0 Å². The van der Waals surface area contributed by atoms with Gasteiger partial charge in [-0.1, -0.05) is 6.92 Å². The summed E-state index contributed by atoms with van der Waals surface area (Å²) in [6, 6.07) is 2.95. The summed E-state index contributed by atoms with van der Waals surface area (Å²) < 4.78 is 40.8. The Morgan fingerprint density at radius 3 is 2.08 bits per heavy atom. The standard InChI is InChI=1S/C17H28N2O6S/c1-7-12(2)19(26(6,21)22)9-8-18-17(20)13-10-14(23-3)16(25-5)15(11-13)24-4/h10-12H,7-9H2,1-6H3,(H,18,20). The summed E-state index contributed by atoms with van der Waals surface area (Å²) in [4.78, 5) is 12.4. The van der Waals surface area contributed by atoms with Crippen LogP contribution in [0.15, 0.2) is 12.1 Å². The van der Waals surface area contributed by atoms with Crippen LogP contribution in [-0.4, -0.2) is 65.3 Å². The molecular formula is C17H28N2O6S. The lowest BCUT2D eigenvalue weighted by molar-refractivity contribution is 0.0949. The number of rotatable bonds is 10. The number of carbonyl (C=O) groups is 1. The summed E-state index contributed by atoms with van der Waals surface area (Å²) in [5, 5.41) is 2.72. The summed E-state index contributed by atoms with van der Waals surface area (Å²) in [5.74, 6) is 0.775. The molecule has 0 aliphatic rings. The van der Waals surface area contributed by atoms with E-state index in [9.17, 15) is 13.2 Å². The summed E-state index contributed by atoms with van der Waals surface area (Å²) >= 11 is 0. The minimum atomic E-state index is -3.34. The third kappa shape index (κ3) is 5.50. The van der Waals surface area contributed by atoms with Crippen LogP contribution in [0.4, 0.5) is 0 Å². The smallest absolute Gasteiger partial charge is 0.251 e. The minimum Gasteiger partial charge on any atom is -0.493 e. The molecule has 0 fully saturated rings. The van der Waals surface area contributed by atoms with E-state index in [-0.39, 0.29) is 25.0 Å². The molecule has 1 rings (SSSR count). The number of carbonyl (C=O) groups excluding carboxylic acids is 1. The fraction of sp³-hybridized carbons (Fsp3) is 0.588. The Kier molecular flexibility index (Phi) is 8.16. The van der Waals surface area contributed by atoms with Crippen LogP contribution >= 0.6 is 0 Å². The molecule has 1 atom stereocenters. The number of benzene rings is 1. The number of hydrogen-bond donors (Lipinski definition) is 1. The van der Waals surface area contributed by atoms with Gasteiger partial charge in [0.25, 0.3) is 5.91 Å². The van der Waals surface area contributed by atoms with Crippen molar-refractivity contribution in [2.45, 2.75) is 26.3 Å². The van der Waals surface area contributed by atoms with Crippen molar-refractivity contribution in [2.75, 3.05) is 40.7 Å². The van der Waals surface area contributed by atoms with E-state index in [1.165, 1.54) is 31.9 Å². The third-order valence-corrected chi connectivity index (χ3v) is 5.45. The highest BCUT2D eigenvalue weighted by atomic mass is 32.2. The van der Waals surface area contributed by atoms with E-state index in [0.717, 1.165) is 0 Å². The van der Waals surface area contributed by atoms with Crippen molar-refractivity contribution in [3.05, 3.63) is 17.7 Å². The van der Waals surface area contributed by atoms with E-state index >= 15 is 0 Å². The Hall–Kier alpha value is -2.00. The normalized spacial score (nSPS) is 12.6. The molecule has 0 spiro atoms. The lowest BCUT2D eigenvalue weighted by atomic mass is 10.1. The van der Waals surface area contributed by atoms with E-state index in [4.69, 9.17) is 14.2 Å². The second kappa shape index (κ2) is 9.63. The number of nitrogens with one attached hydrogen (secondary N) is 1. The van der Waals surface area contributed by atoms with Gasteiger partial charge < -0.3 is 19.5 Å². The van der Waals surface area contributed by atoms with Gasteiger partial charge in [0, 0.05) is 24.7 Å². The number of hydrogen-bond acceptors (Lipinski definition) is 6. The molecule has 0 aliphatic carbocycles. The molecule has 0 radical (unpaired) electrons. The van der Waals surface area contributed by atoms with Crippen molar-refractivity contribution in [1.29, 1.82) is 0 Å². The zero-order valence-corrected chi connectivity index (χ0v) is 17.0. The minimum absolute atomic E-state index is 0.136. The molecule has 1 unspecified atom stereocenters.